The van der Waals surface area contributed by atoms with Gasteiger partial charge in [0.25, 0.3) is 0 Å². The number of sulfonamides is 1. The molecule has 0 saturated heterocycles. The third kappa shape index (κ3) is 4.77. The summed E-state index contributed by atoms with van der Waals surface area (Å²) in [6.07, 6.45) is 4.13. The van der Waals surface area contributed by atoms with Gasteiger partial charge in [0, 0.05) is 17.5 Å². The van der Waals surface area contributed by atoms with E-state index in [1.54, 1.807) is 6.07 Å². The topological polar surface area (TPSA) is 58.2 Å². The van der Waals surface area contributed by atoms with E-state index in [4.69, 9.17) is 0 Å². The van der Waals surface area contributed by atoms with Gasteiger partial charge in [-0.2, -0.15) is 0 Å². The highest BCUT2D eigenvalue weighted by molar-refractivity contribution is 7.91. The Kier molecular flexibility index (Phi) is 5.46. The average Bonchev–Trinajstić information content (AvgIpc) is 2.84. The van der Waals surface area contributed by atoms with Gasteiger partial charge in [0.1, 0.15) is 4.21 Å². The van der Waals surface area contributed by atoms with Crippen molar-refractivity contribution < 1.29 is 8.42 Å². The quantitative estimate of drug-likeness (QED) is 0.842. The van der Waals surface area contributed by atoms with Gasteiger partial charge in [-0.05, 0) is 43.4 Å². The van der Waals surface area contributed by atoms with E-state index in [9.17, 15) is 8.42 Å². The van der Waals surface area contributed by atoms with Crippen LogP contribution in [0.5, 0.6) is 0 Å². The molecule has 21 heavy (non-hydrogen) atoms. The number of thiophene rings is 1. The minimum atomic E-state index is -3.37. The lowest BCUT2D eigenvalue weighted by Gasteiger charge is -2.35. The summed E-state index contributed by atoms with van der Waals surface area (Å²) in [7, 11) is -3.37. The monoisotopic (exact) mass is 330 g/mol. The first-order valence-corrected chi connectivity index (χ1v) is 9.94. The molecule has 1 atom stereocenters. The molecule has 2 rings (SSSR count). The van der Waals surface area contributed by atoms with Gasteiger partial charge >= 0.3 is 0 Å². The molecule has 0 bridgehead atoms. The normalized spacial score (nSPS) is 22.3. The molecule has 0 aliphatic heterocycles. The highest BCUT2D eigenvalue weighted by Crippen LogP contribution is 2.35. The molecule has 1 aliphatic carbocycles. The molecule has 1 fully saturated rings. The smallest absolute Gasteiger partial charge is 0.250 e. The summed E-state index contributed by atoms with van der Waals surface area (Å²) >= 11 is 1.36. The third-order valence-electron chi connectivity index (χ3n) is 3.98. The third-order valence-corrected chi connectivity index (χ3v) is 7.08. The van der Waals surface area contributed by atoms with E-state index >= 15 is 0 Å². The first-order valence-electron chi connectivity index (χ1n) is 7.64. The van der Waals surface area contributed by atoms with Gasteiger partial charge in [-0.15, -0.1) is 11.3 Å². The summed E-state index contributed by atoms with van der Waals surface area (Å²) in [6.45, 7) is 8.08. The van der Waals surface area contributed by atoms with E-state index < -0.39 is 10.0 Å². The van der Waals surface area contributed by atoms with E-state index in [0.717, 1.165) is 37.2 Å². The lowest BCUT2D eigenvalue weighted by Crippen LogP contribution is -2.40. The Morgan fingerprint density at radius 1 is 1.38 bits per heavy atom. The van der Waals surface area contributed by atoms with E-state index in [1.165, 1.54) is 17.8 Å². The molecule has 0 spiro atoms. The zero-order valence-corrected chi connectivity index (χ0v) is 14.7. The molecule has 1 aromatic rings. The van der Waals surface area contributed by atoms with Gasteiger partial charge in [-0.1, -0.05) is 27.2 Å². The summed E-state index contributed by atoms with van der Waals surface area (Å²) < 4.78 is 28.3. The zero-order valence-electron chi connectivity index (χ0n) is 13.1. The lowest BCUT2D eigenvalue weighted by atomic mass is 9.75. The number of rotatable bonds is 6. The molecule has 0 aromatic carbocycles. The summed E-state index contributed by atoms with van der Waals surface area (Å²) in [6, 6.07) is 3.68. The molecule has 2 N–H and O–H groups in total. The van der Waals surface area contributed by atoms with Crippen molar-refractivity contribution in [2.45, 2.75) is 63.3 Å². The van der Waals surface area contributed by atoms with Gasteiger partial charge in [0.05, 0.1) is 0 Å². The predicted octanol–water partition coefficient (Wildman–Crippen LogP) is 3.10. The van der Waals surface area contributed by atoms with Crippen molar-refractivity contribution in [1.82, 2.24) is 10.0 Å². The second-order valence-electron chi connectivity index (χ2n) is 6.58. The van der Waals surface area contributed by atoms with Crippen molar-refractivity contribution in [3.8, 4) is 0 Å². The van der Waals surface area contributed by atoms with Crippen LogP contribution in [0.4, 0.5) is 0 Å². The van der Waals surface area contributed by atoms with Crippen LogP contribution in [0.1, 0.15) is 51.3 Å². The van der Waals surface area contributed by atoms with Crippen LogP contribution in [0.2, 0.25) is 0 Å². The minimum Gasteiger partial charge on any atom is -0.312 e. The fourth-order valence-electron chi connectivity index (χ4n) is 2.92. The van der Waals surface area contributed by atoms with Crippen molar-refractivity contribution in [2.75, 3.05) is 6.54 Å². The molecule has 6 heteroatoms. The molecule has 1 aromatic heterocycles. The second-order valence-corrected chi connectivity index (χ2v) is 9.69. The van der Waals surface area contributed by atoms with E-state index in [0.29, 0.717) is 4.21 Å². The van der Waals surface area contributed by atoms with Crippen molar-refractivity contribution in [1.29, 1.82) is 0 Å². The SMILES string of the molecule is CCNCc1ccc(S(=O)(=O)NC2CCCC(C)(C)C2)s1. The van der Waals surface area contributed by atoms with Crippen molar-refractivity contribution in [3.05, 3.63) is 17.0 Å². The van der Waals surface area contributed by atoms with Gasteiger partial charge in [0.2, 0.25) is 10.0 Å². The second kappa shape index (κ2) is 6.77. The molecule has 120 valence electrons. The summed E-state index contributed by atoms with van der Waals surface area (Å²) in [4.78, 5) is 1.06. The standard InChI is InChI=1S/C15H26N2O2S2/c1-4-16-11-13-7-8-14(20-13)21(18,19)17-12-6-5-9-15(2,3)10-12/h7-8,12,16-17H,4-6,9-11H2,1-3H3. The Balaban J connectivity index is 2.02. The maximum Gasteiger partial charge on any atom is 0.250 e. The van der Waals surface area contributed by atoms with Crippen molar-refractivity contribution in [2.24, 2.45) is 5.41 Å². The maximum atomic E-state index is 12.5. The van der Waals surface area contributed by atoms with Crippen LogP contribution >= 0.6 is 11.3 Å². The van der Waals surface area contributed by atoms with Gasteiger partial charge < -0.3 is 5.32 Å². The Labute approximate surface area is 132 Å². The van der Waals surface area contributed by atoms with E-state index in [2.05, 4.69) is 23.9 Å². The van der Waals surface area contributed by atoms with Crippen molar-refractivity contribution in [3.63, 3.8) is 0 Å². The Morgan fingerprint density at radius 3 is 2.81 bits per heavy atom. The highest BCUT2D eigenvalue weighted by atomic mass is 32.2. The van der Waals surface area contributed by atoms with Crippen LogP contribution in [0.25, 0.3) is 0 Å². The van der Waals surface area contributed by atoms with E-state index in [-0.39, 0.29) is 11.5 Å². The molecule has 0 amide bonds. The molecule has 1 aliphatic rings. The van der Waals surface area contributed by atoms with E-state index in [1.807, 2.05) is 13.0 Å². The zero-order chi connectivity index (χ0) is 15.5. The highest BCUT2D eigenvalue weighted by Gasteiger charge is 2.31. The summed E-state index contributed by atoms with van der Waals surface area (Å²) in [5, 5.41) is 3.22. The molecule has 1 unspecified atom stereocenters. The predicted molar refractivity (Wildman–Crippen MR) is 88.1 cm³/mol. The fourth-order valence-corrected chi connectivity index (χ4v) is 5.53. The van der Waals surface area contributed by atoms with Crippen LogP contribution in [-0.2, 0) is 16.6 Å². The average molecular weight is 331 g/mol. The summed E-state index contributed by atoms with van der Waals surface area (Å²) in [5.74, 6) is 0. The molecular weight excluding hydrogens is 304 g/mol. The Morgan fingerprint density at radius 2 is 2.14 bits per heavy atom. The number of hydrogen-bond donors (Lipinski definition) is 2. The molecule has 4 nitrogen and oxygen atoms in total. The number of hydrogen-bond acceptors (Lipinski definition) is 4. The maximum absolute atomic E-state index is 12.5. The molecule has 1 heterocycles. The minimum absolute atomic E-state index is 0.0677. The largest absolute Gasteiger partial charge is 0.312 e. The molecule has 0 radical (unpaired) electrons. The van der Waals surface area contributed by atoms with Crippen LogP contribution in [0.15, 0.2) is 16.3 Å². The summed E-state index contributed by atoms with van der Waals surface area (Å²) in [5.41, 5.74) is 0.233. The van der Waals surface area contributed by atoms with Crippen LogP contribution in [0.3, 0.4) is 0 Å². The van der Waals surface area contributed by atoms with Crippen LogP contribution in [-0.4, -0.2) is 21.0 Å². The van der Waals surface area contributed by atoms with Gasteiger partial charge in [0.15, 0.2) is 0 Å². The van der Waals surface area contributed by atoms with Gasteiger partial charge in [-0.25, -0.2) is 13.1 Å². The lowest BCUT2D eigenvalue weighted by molar-refractivity contribution is 0.212. The fraction of sp³-hybridized carbons (Fsp3) is 0.733. The van der Waals surface area contributed by atoms with Crippen LogP contribution in [0, 0.1) is 5.41 Å². The first-order chi connectivity index (χ1) is 9.82. The Bertz CT molecular complexity index is 564. The van der Waals surface area contributed by atoms with Crippen LogP contribution < -0.4 is 10.0 Å². The number of nitrogens with one attached hydrogen (secondary N) is 2. The first kappa shape index (κ1) is 16.9. The molecular formula is C15H26N2O2S2. The molecule has 1 saturated carbocycles. The Hall–Kier alpha value is -0.430. The van der Waals surface area contributed by atoms with Gasteiger partial charge in [-0.3, -0.25) is 0 Å². The van der Waals surface area contributed by atoms with Crippen molar-refractivity contribution >= 4 is 21.4 Å².